The van der Waals surface area contributed by atoms with E-state index in [0.29, 0.717) is 0 Å². The second kappa shape index (κ2) is 6.40. The van der Waals surface area contributed by atoms with Crippen LogP contribution in [0.5, 0.6) is 0 Å². The quantitative estimate of drug-likeness (QED) is 0.612. The molecule has 1 aliphatic rings. The zero-order valence-corrected chi connectivity index (χ0v) is 15.6. The average molecular weight is 357 g/mol. The zero-order chi connectivity index (χ0) is 16.7. The zero-order valence-electron chi connectivity index (χ0n) is 14.1. The molecule has 0 aliphatic carbocycles. The molecule has 1 aliphatic heterocycles. The van der Waals surface area contributed by atoms with Gasteiger partial charge in [0, 0.05) is 47.2 Å². The summed E-state index contributed by atoms with van der Waals surface area (Å²) in [5, 5.41) is 0.786. The summed E-state index contributed by atoms with van der Waals surface area (Å²) >= 11 is 8.00. The minimum Gasteiger partial charge on any atom is -0.340 e. The molecule has 0 spiro atoms. The van der Waals surface area contributed by atoms with Crippen LogP contribution >= 0.6 is 22.9 Å². The normalized spacial score (nSPS) is 15.5. The van der Waals surface area contributed by atoms with Crippen molar-refractivity contribution < 1.29 is 0 Å². The van der Waals surface area contributed by atoms with E-state index in [1.807, 2.05) is 29.5 Å². The van der Waals surface area contributed by atoms with Crippen molar-refractivity contribution in [2.75, 3.05) is 13.6 Å². The summed E-state index contributed by atoms with van der Waals surface area (Å²) in [4.78, 5) is 3.81. The second-order valence-corrected chi connectivity index (χ2v) is 8.25. The fraction of sp³-hybridized carbons (Fsp3) is 0.300. The maximum absolute atomic E-state index is 6.07. The fourth-order valence-electron chi connectivity index (χ4n) is 3.56. The number of hydrogen-bond acceptors (Lipinski definition) is 2. The van der Waals surface area contributed by atoms with Crippen LogP contribution in [-0.2, 0) is 19.5 Å². The van der Waals surface area contributed by atoms with Crippen LogP contribution < -0.4 is 0 Å². The minimum atomic E-state index is 0.786. The molecule has 0 atom stereocenters. The molecule has 4 heteroatoms. The molecule has 2 aromatic heterocycles. The highest BCUT2D eigenvalue weighted by Gasteiger charge is 2.23. The first-order chi connectivity index (χ1) is 11.6. The summed E-state index contributed by atoms with van der Waals surface area (Å²) in [6.07, 6.45) is 5.55. The van der Waals surface area contributed by atoms with Gasteiger partial charge < -0.3 is 9.47 Å². The largest absolute Gasteiger partial charge is 0.340 e. The van der Waals surface area contributed by atoms with Crippen LogP contribution in [0.1, 0.15) is 21.7 Å². The number of aryl methyl sites for hydroxylation is 1. The van der Waals surface area contributed by atoms with Crippen molar-refractivity contribution in [3.05, 3.63) is 63.1 Å². The Labute approximate surface area is 152 Å². The van der Waals surface area contributed by atoms with Gasteiger partial charge in [0.25, 0.3) is 0 Å². The van der Waals surface area contributed by atoms with Crippen molar-refractivity contribution in [1.29, 1.82) is 0 Å². The lowest BCUT2D eigenvalue weighted by Crippen LogP contribution is -2.27. The smallest absolute Gasteiger partial charge is 0.0601 e. The molecule has 0 N–H and O–H groups in total. The van der Waals surface area contributed by atoms with E-state index < -0.39 is 0 Å². The Kier molecular flexibility index (Phi) is 4.25. The second-order valence-electron chi connectivity index (χ2n) is 6.55. The number of rotatable bonds is 3. The van der Waals surface area contributed by atoms with Crippen molar-refractivity contribution in [2.24, 2.45) is 0 Å². The third-order valence-corrected chi connectivity index (χ3v) is 6.01. The lowest BCUT2D eigenvalue weighted by atomic mass is 10.1. The van der Waals surface area contributed by atoms with Crippen LogP contribution in [0.4, 0.5) is 0 Å². The van der Waals surface area contributed by atoms with Gasteiger partial charge in [-0.1, -0.05) is 35.9 Å². The molecular weight excluding hydrogens is 336 g/mol. The average Bonchev–Trinajstić information content (AvgIpc) is 3.04. The van der Waals surface area contributed by atoms with Gasteiger partial charge in [0.05, 0.1) is 10.2 Å². The van der Waals surface area contributed by atoms with Gasteiger partial charge in [-0.2, -0.15) is 0 Å². The van der Waals surface area contributed by atoms with Gasteiger partial charge in [-0.05, 0) is 37.7 Å². The Morgan fingerprint density at radius 1 is 1.29 bits per heavy atom. The number of hydrogen-bond donors (Lipinski definition) is 0. The lowest BCUT2D eigenvalue weighted by molar-refractivity contribution is 0.310. The van der Waals surface area contributed by atoms with Gasteiger partial charge in [-0.25, -0.2) is 0 Å². The summed E-state index contributed by atoms with van der Waals surface area (Å²) in [6.45, 7) is 5.33. The molecule has 24 heavy (non-hydrogen) atoms. The summed E-state index contributed by atoms with van der Waals surface area (Å²) in [6, 6.07) is 10.3. The third kappa shape index (κ3) is 2.92. The Bertz CT molecular complexity index is 919. The fourth-order valence-corrected chi connectivity index (χ4v) is 4.84. The number of thiophene rings is 1. The molecule has 0 fully saturated rings. The highest BCUT2D eigenvalue weighted by Crippen LogP contribution is 2.36. The van der Waals surface area contributed by atoms with Crippen molar-refractivity contribution >= 4 is 39.2 Å². The molecule has 0 bridgehead atoms. The van der Waals surface area contributed by atoms with Crippen molar-refractivity contribution in [2.45, 2.75) is 26.4 Å². The molecule has 3 aromatic rings. The summed E-state index contributed by atoms with van der Waals surface area (Å²) < 4.78 is 3.98. The number of nitrogens with zero attached hydrogens (tertiary/aromatic N) is 2. The van der Waals surface area contributed by atoms with E-state index in [2.05, 4.69) is 47.7 Å². The molecule has 3 heterocycles. The predicted molar refractivity (Wildman–Crippen MR) is 105 cm³/mol. The molecule has 0 radical (unpaired) electrons. The number of allylic oxidation sites excluding steroid dienone is 1. The molecule has 0 amide bonds. The van der Waals surface area contributed by atoms with Crippen LogP contribution in [0.2, 0.25) is 5.02 Å². The summed E-state index contributed by atoms with van der Waals surface area (Å²) in [5.74, 6) is 0. The van der Waals surface area contributed by atoms with E-state index in [-0.39, 0.29) is 0 Å². The SMILES string of the molecule is Cc1cc2c(s1)c1c(n2C/C=C/c2cccc(Cl)c2)CCN(C)C1. The molecule has 0 saturated heterocycles. The lowest BCUT2D eigenvalue weighted by Gasteiger charge is -2.24. The van der Waals surface area contributed by atoms with Gasteiger partial charge in [0.15, 0.2) is 0 Å². The van der Waals surface area contributed by atoms with Gasteiger partial charge in [-0.15, -0.1) is 11.3 Å². The van der Waals surface area contributed by atoms with E-state index in [4.69, 9.17) is 11.6 Å². The molecule has 2 nitrogen and oxygen atoms in total. The number of benzene rings is 1. The molecule has 0 saturated carbocycles. The van der Waals surface area contributed by atoms with E-state index >= 15 is 0 Å². The number of aromatic nitrogens is 1. The van der Waals surface area contributed by atoms with Crippen LogP contribution in [-0.4, -0.2) is 23.1 Å². The molecule has 4 rings (SSSR count). The van der Waals surface area contributed by atoms with Gasteiger partial charge in [-0.3, -0.25) is 0 Å². The third-order valence-electron chi connectivity index (χ3n) is 4.68. The Morgan fingerprint density at radius 2 is 2.17 bits per heavy atom. The highest BCUT2D eigenvalue weighted by molar-refractivity contribution is 7.19. The minimum absolute atomic E-state index is 0.786. The predicted octanol–water partition coefficient (Wildman–Crippen LogP) is 5.37. The van der Waals surface area contributed by atoms with Crippen molar-refractivity contribution in [3.8, 4) is 0 Å². The van der Waals surface area contributed by atoms with Crippen molar-refractivity contribution in [1.82, 2.24) is 9.47 Å². The molecular formula is C20H21ClN2S. The summed E-state index contributed by atoms with van der Waals surface area (Å²) in [7, 11) is 2.21. The van der Waals surface area contributed by atoms with Gasteiger partial charge in [0.2, 0.25) is 0 Å². The summed E-state index contributed by atoms with van der Waals surface area (Å²) in [5.41, 5.74) is 5.60. The number of halogens is 1. The van der Waals surface area contributed by atoms with Crippen LogP contribution in [0.3, 0.4) is 0 Å². The first kappa shape index (κ1) is 15.9. The first-order valence-electron chi connectivity index (χ1n) is 8.33. The van der Waals surface area contributed by atoms with Gasteiger partial charge in [0.1, 0.15) is 0 Å². The Hall–Kier alpha value is -1.55. The molecule has 1 aromatic carbocycles. The van der Waals surface area contributed by atoms with Gasteiger partial charge >= 0.3 is 0 Å². The van der Waals surface area contributed by atoms with E-state index in [1.54, 1.807) is 0 Å². The highest BCUT2D eigenvalue weighted by atomic mass is 35.5. The first-order valence-corrected chi connectivity index (χ1v) is 9.52. The van der Waals surface area contributed by atoms with E-state index in [0.717, 1.165) is 36.6 Å². The van der Waals surface area contributed by atoms with Crippen molar-refractivity contribution in [3.63, 3.8) is 0 Å². The van der Waals surface area contributed by atoms with E-state index in [9.17, 15) is 0 Å². The monoisotopic (exact) mass is 356 g/mol. The van der Waals surface area contributed by atoms with E-state index in [1.165, 1.54) is 26.4 Å². The number of likely N-dealkylation sites (N-methyl/N-ethyl adjacent to an activating group) is 1. The Morgan fingerprint density at radius 3 is 3.00 bits per heavy atom. The standard InChI is InChI=1S/C20H21ClN2S/c1-14-11-19-20(24-14)17-13-22(2)10-8-18(17)23(19)9-4-6-15-5-3-7-16(21)12-15/h3-7,11-12H,8-10,13H2,1-2H3/b6-4+. The Balaban J connectivity index is 1.69. The topological polar surface area (TPSA) is 8.17 Å². The maximum atomic E-state index is 6.07. The van der Waals surface area contributed by atoms with Crippen LogP contribution in [0.25, 0.3) is 16.3 Å². The maximum Gasteiger partial charge on any atom is 0.0601 e. The van der Waals surface area contributed by atoms with Crippen LogP contribution in [0, 0.1) is 6.92 Å². The molecule has 124 valence electrons. The molecule has 0 unspecified atom stereocenters. The van der Waals surface area contributed by atoms with Crippen LogP contribution in [0.15, 0.2) is 36.4 Å². The number of fused-ring (bicyclic) bond motifs is 3.